The average Bonchev–Trinajstić information content (AvgIpc) is 3.71. The first-order valence-electron chi connectivity index (χ1n) is 30.0. The van der Waals surface area contributed by atoms with Gasteiger partial charge in [0.2, 0.25) is 0 Å². The highest BCUT2D eigenvalue weighted by Gasteiger charge is 2.64. The number of nitrogens with zero attached hydrogens (tertiary/aromatic N) is 3. The van der Waals surface area contributed by atoms with E-state index in [1.165, 1.54) is 144 Å². The summed E-state index contributed by atoms with van der Waals surface area (Å²) in [7, 11) is 0. The summed E-state index contributed by atoms with van der Waals surface area (Å²) in [5, 5.41) is 0. The van der Waals surface area contributed by atoms with Gasteiger partial charge in [0.15, 0.2) is 0 Å². The molecule has 8 aromatic carbocycles. The molecule has 0 aromatic heterocycles. The van der Waals surface area contributed by atoms with Gasteiger partial charge < -0.3 is 14.7 Å². The van der Waals surface area contributed by atoms with Gasteiger partial charge in [-0.05, 0) is 165 Å². The molecule has 2 aliphatic carbocycles. The van der Waals surface area contributed by atoms with Crippen molar-refractivity contribution in [2.24, 2.45) is 0 Å². The van der Waals surface area contributed by atoms with Crippen LogP contribution < -0.4 is 31.1 Å². The largest absolute Gasteiger partial charge is 0.335 e. The predicted molar refractivity (Wildman–Crippen MR) is 338 cm³/mol. The third-order valence-electron chi connectivity index (χ3n) is 21.1. The lowest BCUT2D eigenvalue weighted by Gasteiger charge is -2.54. The van der Waals surface area contributed by atoms with Gasteiger partial charge in [0.25, 0.3) is 6.71 Å². The molecule has 14 rings (SSSR count). The molecular weight excluding hydrogens is 954 g/mol. The van der Waals surface area contributed by atoms with E-state index in [9.17, 15) is 0 Å². The molecule has 0 bridgehead atoms. The lowest BCUT2D eigenvalue weighted by atomic mass is 9.33. The van der Waals surface area contributed by atoms with Crippen LogP contribution in [-0.2, 0) is 27.1 Å². The van der Waals surface area contributed by atoms with Gasteiger partial charge in [0.1, 0.15) is 0 Å². The molecule has 4 heterocycles. The fourth-order valence-corrected chi connectivity index (χ4v) is 16.7. The fourth-order valence-electron chi connectivity index (χ4n) is 16.7. The molecular formula is C75H80BN3. The Morgan fingerprint density at radius 2 is 0.949 bits per heavy atom. The summed E-state index contributed by atoms with van der Waals surface area (Å²) in [5.74, 6) is 0. The van der Waals surface area contributed by atoms with Crippen molar-refractivity contribution in [2.75, 3.05) is 14.7 Å². The normalized spacial score (nSPS) is 23.6. The second-order valence-corrected chi connectivity index (χ2v) is 28.6. The second-order valence-electron chi connectivity index (χ2n) is 28.6. The van der Waals surface area contributed by atoms with E-state index in [4.69, 9.17) is 0 Å². The number of rotatable bonds is 5. The van der Waals surface area contributed by atoms with E-state index in [0.29, 0.717) is 0 Å². The van der Waals surface area contributed by atoms with Crippen molar-refractivity contribution in [1.29, 1.82) is 0 Å². The van der Waals surface area contributed by atoms with Gasteiger partial charge in [-0.15, -0.1) is 0 Å². The molecule has 0 amide bonds. The van der Waals surface area contributed by atoms with Crippen LogP contribution >= 0.6 is 0 Å². The van der Waals surface area contributed by atoms with Crippen LogP contribution in [0.5, 0.6) is 0 Å². The third kappa shape index (κ3) is 7.04. The molecule has 2 saturated carbocycles. The number of anilines is 7. The maximum Gasteiger partial charge on any atom is 0.252 e. The van der Waals surface area contributed by atoms with Gasteiger partial charge in [0, 0.05) is 50.5 Å². The molecule has 0 N–H and O–H groups in total. The van der Waals surface area contributed by atoms with Crippen LogP contribution in [0.25, 0.3) is 22.3 Å². The summed E-state index contributed by atoms with van der Waals surface area (Å²) in [6.45, 7) is 29.4. The SMILES string of the molecule is CC(C)(C)c1ccc2c(c1)B1c3cc(-c4ccccc4)cc4c3N(c3cc(N5c6ccc(C(C)(C)C)cc6C6(c7ccccc7)CCCCC56C)cc(c31)N2c1ccc(C(C)(C)C)cc1-c1ccccc1)C1(C)CCCCC41C. The Bertz CT molecular complexity index is 3760. The first kappa shape index (κ1) is 50.4. The lowest BCUT2D eigenvalue weighted by molar-refractivity contribution is 0.195. The van der Waals surface area contributed by atoms with Crippen LogP contribution in [0.4, 0.5) is 39.8 Å². The molecule has 0 spiro atoms. The first-order chi connectivity index (χ1) is 37.7. The maximum absolute atomic E-state index is 2.97. The summed E-state index contributed by atoms with van der Waals surface area (Å²) >= 11 is 0. The summed E-state index contributed by atoms with van der Waals surface area (Å²) in [6, 6.07) is 67.6. The van der Waals surface area contributed by atoms with E-state index in [0.717, 1.165) is 19.3 Å². The average molecular weight is 1030 g/mol. The first-order valence-corrected chi connectivity index (χ1v) is 30.0. The number of hydrogen-bond acceptors (Lipinski definition) is 3. The van der Waals surface area contributed by atoms with Crippen molar-refractivity contribution >= 4 is 62.9 Å². The van der Waals surface area contributed by atoms with E-state index in [1.807, 2.05) is 0 Å². The summed E-state index contributed by atoms with van der Waals surface area (Å²) in [4.78, 5) is 8.61. The van der Waals surface area contributed by atoms with Gasteiger partial charge in [-0.3, -0.25) is 0 Å². The Labute approximate surface area is 473 Å². The predicted octanol–water partition coefficient (Wildman–Crippen LogP) is 18.0. The summed E-state index contributed by atoms with van der Waals surface area (Å²) in [6.07, 6.45) is 9.38. The van der Waals surface area contributed by atoms with Gasteiger partial charge >= 0.3 is 0 Å². The standard InChI is InChI=1S/C75H80BN3/c1-69(2,3)53-32-35-62(57(44-53)50-28-18-14-19-29-50)77-64-37-34-55(71(7,8)9)46-60(64)76-61-43-51(49-26-16-13-17-27-49)42-59-68(61)79(73(11)39-23-22-38-72(59,73)10)66-48-56(47-65(77)67(66)76)78-63-36-33-54(70(4,5)6)45-58(63)75(52-30-20-15-21-31-52)41-25-24-40-74(75,78)12/h13-21,26-37,42-48H,22-25,38-41H2,1-12H3. The zero-order chi connectivity index (χ0) is 54.8. The zero-order valence-electron chi connectivity index (χ0n) is 49.2. The molecule has 2 fully saturated rings. The van der Waals surface area contributed by atoms with E-state index >= 15 is 0 Å². The van der Waals surface area contributed by atoms with Crippen molar-refractivity contribution in [2.45, 2.75) is 173 Å². The minimum absolute atomic E-state index is 0.000530. The van der Waals surface area contributed by atoms with Gasteiger partial charge in [-0.25, -0.2) is 0 Å². The molecule has 79 heavy (non-hydrogen) atoms. The lowest BCUT2D eigenvalue weighted by Crippen LogP contribution is -2.64. The third-order valence-corrected chi connectivity index (χ3v) is 21.1. The van der Waals surface area contributed by atoms with E-state index < -0.39 is 0 Å². The van der Waals surface area contributed by atoms with Crippen LogP contribution in [0, 0.1) is 0 Å². The molecule has 4 aliphatic heterocycles. The van der Waals surface area contributed by atoms with Crippen LogP contribution in [0.3, 0.4) is 0 Å². The molecule has 8 aromatic rings. The van der Waals surface area contributed by atoms with Crippen LogP contribution in [-0.4, -0.2) is 17.8 Å². The van der Waals surface area contributed by atoms with E-state index in [1.54, 1.807) is 0 Å². The summed E-state index contributed by atoms with van der Waals surface area (Å²) < 4.78 is 0. The maximum atomic E-state index is 2.97. The molecule has 4 unspecified atom stereocenters. The van der Waals surface area contributed by atoms with Gasteiger partial charge in [-0.2, -0.15) is 0 Å². The van der Waals surface area contributed by atoms with Crippen LogP contribution in [0.2, 0.25) is 0 Å². The smallest absolute Gasteiger partial charge is 0.252 e. The van der Waals surface area contributed by atoms with Gasteiger partial charge in [0.05, 0.1) is 16.8 Å². The van der Waals surface area contributed by atoms with Gasteiger partial charge in [-0.1, -0.05) is 222 Å². The van der Waals surface area contributed by atoms with E-state index in [2.05, 4.69) is 268 Å². The highest BCUT2D eigenvalue weighted by Crippen LogP contribution is 2.67. The Kier molecular flexibility index (Phi) is 10.9. The molecule has 4 heteroatoms. The van der Waals surface area contributed by atoms with Crippen molar-refractivity contribution < 1.29 is 0 Å². The molecule has 6 aliphatic rings. The molecule has 3 nitrogen and oxygen atoms in total. The molecule has 398 valence electrons. The number of fused-ring (bicyclic) bond motifs is 10. The number of hydrogen-bond donors (Lipinski definition) is 0. The van der Waals surface area contributed by atoms with Crippen molar-refractivity contribution in [3.63, 3.8) is 0 Å². The monoisotopic (exact) mass is 1030 g/mol. The Morgan fingerprint density at radius 3 is 1.61 bits per heavy atom. The zero-order valence-corrected chi connectivity index (χ0v) is 49.2. The minimum Gasteiger partial charge on any atom is -0.335 e. The second kappa shape index (κ2) is 17.1. The van der Waals surface area contributed by atoms with Crippen molar-refractivity contribution in [1.82, 2.24) is 0 Å². The number of benzene rings is 8. The molecule has 0 radical (unpaired) electrons. The topological polar surface area (TPSA) is 9.72 Å². The fraction of sp³-hybridized carbons (Fsp3) is 0.360. The Hall–Kier alpha value is -6.78. The molecule has 0 saturated heterocycles. The highest BCUT2D eigenvalue weighted by atomic mass is 15.3. The van der Waals surface area contributed by atoms with Crippen molar-refractivity contribution in [3.8, 4) is 22.3 Å². The Morgan fingerprint density at radius 1 is 0.405 bits per heavy atom. The minimum atomic E-state index is -0.259. The molecule has 4 atom stereocenters. The summed E-state index contributed by atoms with van der Waals surface area (Å²) in [5.41, 5.74) is 26.5. The van der Waals surface area contributed by atoms with Crippen LogP contribution in [0.15, 0.2) is 170 Å². The Balaban J connectivity index is 1.14. The van der Waals surface area contributed by atoms with Crippen LogP contribution in [0.1, 0.15) is 168 Å². The van der Waals surface area contributed by atoms with Crippen molar-refractivity contribution in [3.05, 3.63) is 203 Å². The quantitative estimate of drug-likeness (QED) is 0.159. The van der Waals surface area contributed by atoms with E-state index in [-0.39, 0.29) is 44.9 Å². The highest BCUT2D eigenvalue weighted by molar-refractivity contribution is 7.00.